The molecule has 98 valence electrons. The third kappa shape index (κ3) is 2.51. The summed E-state index contributed by atoms with van der Waals surface area (Å²) >= 11 is 0. The first-order valence-corrected chi connectivity index (χ1v) is 5.26. The first kappa shape index (κ1) is 12.6. The van der Waals surface area contributed by atoms with Crippen LogP contribution in [0.25, 0.3) is 0 Å². The van der Waals surface area contributed by atoms with Gasteiger partial charge in [0.1, 0.15) is 0 Å². The van der Waals surface area contributed by atoms with E-state index in [1.807, 2.05) is 0 Å². The minimum absolute atomic E-state index is 0.0210. The van der Waals surface area contributed by atoms with Crippen LogP contribution in [-0.4, -0.2) is 25.5 Å². The van der Waals surface area contributed by atoms with E-state index in [1.54, 1.807) is 12.1 Å². The first-order chi connectivity index (χ1) is 8.99. The lowest BCUT2D eigenvalue weighted by atomic mass is 10.2. The van der Waals surface area contributed by atoms with E-state index in [9.17, 15) is 20.0 Å². The quantitative estimate of drug-likeness (QED) is 0.618. The highest BCUT2D eigenvalue weighted by molar-refractivity contribution is 5.93. The Labute approximate surface area is 107 Å². The topological polar surface area (TPSA) is 124 Å². The van der Waals surface area contributed by atoms with Crippen molar-refractivity contribution in [2.75, 3.05) is 0 Å². The largest absolute Gasteiger partial charge is 0.492 e. The van der Waals surface area contributed by atoms with Crippen molar-refractivity contribution in [3.8, 4) is 5.88 Å². The molecular weight excluding hydrogens is 252 g/mol. The van der Waals surface area contributed by atoms with Gasteiger partial charge in [-0.05, 0) is 5.56 Å². The highest BCUT2D eigenvalue weighted by atomic mass is 16.6. The average Bonchev–Trinajstić information content (AvgIpc) is 2.71. The van der Waals surface area contributed by atoms with Gasteiger partial charge in [-0.2, -0.15) is 0 Å². The summed E-state index contributed by atoms with van der Waals surface area (Å²) < 4.78 is 1.37. The maximum absolute atomic E-state index is 11.1. The second kappa shape index (κ2) is 4.77. The molecule has 0 aliphatic heterocycles. The lowest BCUT2D eigenvalue weighted by molar-refractivity contribution is -0.384. The van der Waals surface area contributed by atoms with Crippen molar-refractivity contribution >= 4 is 11.6 Å². The number of imidazole rings is 1. The van der Waals surface area contributed by atoms with Gasteiger partial charge >= 0.3 is 0 Å². The number of hydrogen-bond acceptors (Lipinski definition) is 5. The summed E-state index contributed by atoms with van der Waals surface area (Å²) in [5.41, 5.74) is 5.72. The third-order valence-electron chi connectivity index (χ3n) is 2.55. The van der Waals surface area contributed by atoms with Gasteiger partial charge in [0.15, 0.2) is 5.69 Å². The Bertz CT molecular complexity index is 633. The van der Waals surface area contributed by atoms with Gasteiger partial charge in [0, 0.05) is 18.7 Å². The monoisotopic (exact) mass is 262 g/mol. The van der Waals surface area contributed by atoms with Gasteiger partial charge in [-0.15, -0.1) is 0 Å². The molecule has 19 heavy (non-hydrogen) atoms. The van der Waals surface area contributed by atoms with Gasteiger partial charge in [0.2, 0.25) is 5.88 Å². The molecular formula is C11H10N4O4. The maximum atomic E-state index is 11.1. The Kier molecular flexibility index (Phi) is 3.15. The summed E-state index contributed by atoms with van der Waals surface area (Å²) in [5, 5.41) is 19.9. The van der Waals surface area contributed by atoms with Crippen molar-refractivity contribution < 1.29 is 14.8 Å². The minimum atomic E-state index is -0.795. The number of primary amides is 1. The molecule has 2 rings (SSSR count). The van der Waals surface area contributed by atoms with E-state index in [0.29, 0.717) is 5.56 Å². The van der Waals surface area contributed by atoms with Crippen molar-refractivity contribution in [2.45, 2.75) is 6.54 Å². The zero-order valence-electron chi connectivity index (χ0n) is 9.68. The Balaban J connectivity index is 2.26. The second-order valence-electron chi connectivity index (χ2n) is 3.83. The van der Waals surface area contributed by atoms with E-state index in [2.05, 4.69) is 4.98 Å². The molecule has 1 heterocycles. The van der Waals surface area contributed by atoms with Crippen LogP contribution in [0, 0.1) is 10.1 Å². The van der Waals surface area contributed by atoms with Crippen molar-refractivity contribution in [1.82, 2.24) is 9.55 Å². The number of aromatic nitrogens is 2. The van der Waals surface area contributed by atoms with Crippen molar-refractivity contribution in [2.24, 2.45) is 5.73 Å². The van der Waals surface area contributed by atoms with Crippen LogP contribution >= 0.6 is 0 Å². The van der Waals surface area contributed by atoms with Crippen molar-refractivity contribution in [3.63, 3.8) is 0 Å². The smallest absolute Gasteiger partial charge is 0.271 e. The normalized spacial score (nSPS) is 10.3. The molecule has 0 aliphatic carbocycles. The Hall–Kier alpha value is -2.90. The minimum Gasteiger partial charge on any atom is -0.492 e. The predicted octanol–water partition coefficient (Wildman–Crippen LogP) is 0.644. The molecule has 8 heteroatoms. The second-order valence-corrected chi connectivity index (χ2v) is 3.83. The summed E-state index contributed by atoms with van der Waals surface area (Å²) in [6.07, 6.45) is 1.27. The van der Waals surface area contributed by atoms with Gasteiger partial charge in [0.25, 0.3) is 11.6 Å². The van der Waals surface area contributed by atoms with Gasteiger partial charge in [0.05, 0.1) is 11.3 Å². The molecule has 2 aromatic rings. The number of carbonyl (C=O) groups is 1. The van der Waals surface area contributed by atoms with E-state index in [0.717, 1.165) is 0 Å². The summed E-state index contributed by atoms with van der Waals surface area (Å²) in [5.74, 6) is -1.23. The molecule has 0 spiro atoms. The van der Waals surface area contributed by atoms with Gasteiger partial charge in [-0.1, -0.05) is 12.1 Å². The van der Waals surface area contributed by atoms with E-state index >= 15 is 0 Å². The van der Waals surface area contributed by atoms with Crippen LogP contribution < -0.4 is 5.73 Å². The van der Waals surface area contributed by atoms with Crippen LogP contribution in [-0.2, 0) is 6.54 Å². The van der Waals surface area contributed by atoms with Crippen LogP contribution in [0.1, 0.15) is 16.1 Å². The number of nitro groups is 1. The van der Waals surface area contributed by atoms with Crippen LogP contribution in [0.3, 0.4) is 0 Å². The summed E-state index contributed by atoms with van der Waals surface area (Å²) in [7, 11) is 0. The Morgan fingerprint density at radius 1 is 1.42 bits per heavy atom. The molecule has 8 nitrogen and oxygen atoms in total. The number of carbonyl (C=O) groups excluding carboxylic acids is 1. The maximum Gasteiger partial charge on any atom is 0.271 e. The Morgan fingerprint density at radius 2 is 2.05 bits per heavy atom. The zero-order valence-corrected chi connectivity index (χ0v) is 9.68. The molecule has 1 aromatic carbocycles. The zero-order chi connectivity index (χ0) is 14.0. The molecule has 0 radical (unpaired) electrons. The van der Waals surface area contributed by atoms with Gasteiger partial charge in [-0.25, -0.2) is 4.98 Å². The van der Waals surface area contributed by atoms with E-state index < -0.39 is 16.7 Å². The van der Waals surface area contributed by atoms with Crippen LogP contribution in [0.5, 0.6) is 5.88 Å². The number of nitro benzene ring substituents is 1. The lowest BCUT2D eigenvalue weighted by Gasteiger charge is -2.05. The van der Waals surface area contributed by atoms with E-state index in [-0.39, 0.29) is 17.9 Å². The molecule has 0 atom stereocenters. The molecule has 0 fully saturated rings. The molecule has 0 aliphatic rings. The molecule has 1 aromatic heterocycles. The number of nitrogens with zero attached hydrogens (tertiary/aromatic N) is 3. The molecule has 0 saturated heterocycles. The number of hydrogen-bond donors (Lipinski definition) is 2. The highest BCUT2D eigenvalue weighted by Crippen LogP contribution is 2.17. The first-order valence-electron chi connectivity index (χ1n) is 5.26. The number of amides is 1. The summed E-state index contributed by atoms with van der Waals surface area (Å²) in [4.78, 5) is 24.8. The molecule has 0 bridgehead atoms. The fraction of sp³-hybridized carbons (Fsp3) is 0.0909. The van der Waals surface area contributed by atoms with Crippen LogP contribution in [0.4, 0.5) is 5.69 Å². The molecule has 1 amide bonds. The lowest BCUT2D eigenvalue weighted by Crippen LogP contribution is -2.17. The number of aromatic hydroxyl groups is 1. The molecule has 0 unspecified atom stereocenters. The number of rotatable bonds is 4. The fourth-order valence-corrected chi connectivity index (χ4v) is 1.66. The molecule has 0 saturated carbocycles. The van der Waals surface area contributed by atoms with Crippen molar-refractivity contribution in [3.05, 3.63) is 52.0 Å². The fourth-order valence-electron chi connectivity index (χ4n) is 1.66. The summed E-state index contributed by atoms with van der Waals surface area (Å²) in [6, 6.07) is 5.83. The average molecular weight is 262 g/mol. The number of nitrogens with two attached hydrogens (primary N) is 1. The van der Waals surface area contributed by atoms with Gasteiger partial charge < -0.3 is 15.4 Å². The SMILES string of the molecule is NC(=O)c1c(O)ncn1Cc1ccc([N+](=O)[O-])cc1. The highest BCUT2D eigenvalue weighted by Gasteiger charge is 2.15. The summed E-state index contributed by atoms with van der Waals surface area (Å²) in [6.45, 7) is 0.226. The van der Waals surface area contributed by atoms with Crippen molar-refractivity contribution in [1.29, 1.82) is 0 Å². The number of benzene rings is 1. The van der Waals surface area contributed by atoms with Crippen LogP contribution in [0.2, 0.25) is 0 Å². The molecule has 3 N–H and O–H groups in total. The number of non-ortho nitro benzene ring substituents is 1. The predicted molar refractivity (Wildman–Crippen MR) is 64.6 cm³/mol. The Morgan fingerprint density at radius 3 is 2.58 bits per heavy atom. The van der Waals surface area contributed by atoms with E-state index in [1.165, 1.54) is 23.0 Å². The standard InChI is InChI=1S/C11H10N4O4/c12-10(16)9-11(17)13-6-14(9)5-7-1-3-8(4-2-7)15(18)19/h1-4,6,17H,5H2,(H2,12,16). The third-order valence-corrected chi connectivity index (χ3v) is 2.55. The van der Waals surface area contributed by atoms with Crippen LogP contribution in [0.15, 0.2) is 30.6 Å². The van der Waals surface area contributed by atoms with E-state index in [4.69, 9.17) is 5.73 Å². The van der Waals surface area contributed by atoms with Gasteiger partial charge in [-0.3, -0.25) is 14.9 Å².